The summed E-state index contributed by atoms with van der Waals surface area (Å²) in [6, 6.07) is 0. The SMILES string of the molecule is CCC(Cl)C(Cl)C(Cl)C(Cl)C(Cl)C(Cl)CC. The first-order valence-corrected chi connectivity index (χ1v) is 7.83. The molecule has 6 heteroatoms. The van der Waals surface area contributed by atoms with E-state index in [9.17, 15) is 0 Å². The van der Waals surface area contributed by atoms with Gasteiger partial charge in [-0.05, 0) is 12.8 Å². The molecule has 0 nitrogen and oxygen atoms in total. The molecule has 0 rings (SSSR count). The van der Waals surface area contributed by atoms with Gasteiger partial charge in [0.1, 0.15) is 0 Å². The van der Waals surface area contributed by atoms with Gasteiger partial charge in [-0.2, -0.15) is 0 Å². The molecule has 6 atom stereocenters. The van der Waals surface area contributed by atoms with Gasteiger partial charge in [-0.15, -0.1) is 69.6 Å². The van der Waals surface area contributed by atoms with Crippen molar-refractivity contribution in [1.29, 1.82) is 0 Å². The highest BCUT2D eigenvalue weighted by atomic mass is 35.5. The fourth-order valence-electron chi connectivity index (χ4n) is 1.20. The molecule has 0 N–H and O–H groups in total. The first kappa shape index (κ1) is 17.7. The van der Waals surface area contributed by atoms with Crippen LogP contribution in [-0.4, -0.2) is 32.3 Å². The van der Waals surface area contributed by atoms with Crippen molar-refractivity contribution in [2.24, 2.45) is 0 Å². The molecule has 0 heterocycles. The Bertz CT molecular complexity index is 168. The molecule has 98 valence electrons. The number of alkyl halides is 6. The normalized spacial score (nSPS) is 23.2. The Labute approximate surface area is 128 Å². The third-order valence-corrected chi connectivity index (χ3v) is 6.43. The second-order valence-corrected chi connectivity index (χ2v) is 6.76. The second kappa shape index (κ2) is 8.77. The number of hydrogen-bond donors (Lipinski definition) is 0. The Kier molecular flexibility index (Phi) is 9.73. The van der Waals surface area contributed by atoms with Crippen molar-refractivity contribution < 1.29 is 0 Å². The minimum absolute atomic E-state index is 0.218. The van der Waals surface area contributed by atoms with Gasteiger partial charge in [0.2, 0.25) is 0 Å². The maximum Gasteiger partial charge on any atom is 0.0692 e. The van der Waals surface area contributed by atoms with E-state index in [4.69, 9.17) is 69.6 Å². The highest BCUT2D eigenvalue weighted by Crippen LogP contribution is 2.32. The smallest absolute Gasteiger partial charge is 0.0692 e. The lowest BCUT2D eigenvalue weighted by Crippen LogP contribution is -2.39. The summed E-state index contributed by atoms with van der Waals surface area (Å²) in [6.45, 7) is 3.88. The molecule has 0 aromatic rings. The molecule has 0 saturated carbocycles. The fourth-order valence-corrected chi connectivity index (χ4v) is 3.15. The van der Waals surface area contributed by atoms with Crippen molar-refractivity contribution in [3.05, 3.63) is 0 Å². The van der Waals surface area contributed by atoms with E-state index in [1.807, 2.05) is 13.8 Å². The van der Waals surface area contributed by atoms with Crippen LogP contribution in [0.4, 0.5) is 0 Å². The number of rotatable bonds is 7. The van der Waals surface area contributed by atoms with Gasteiger partial charge in [-0.25, -0.2) is 0 Å². The largest absolute Gasteiger partial charge is 0.121 e. The van der Waals surface area contributed by atoms with Gasteiger partial charge in [-0.3, -0.25) is 0 Å². The second-order valence-electron chi connectivity index (χ2n) is 3.63. The predicted octanol–water partition coefficient (Wildman–Crippen LogP) is 5.45. The van der Waals surface area contributed by atoms with Crippen LogP contribution >= 0.6 is 69.6 Å². The van der Waals surface area contributed by atoms with Crippen molar-refractivity contribution >= 4 is 69.6 Å². The highest BCUT2D eigenvalue weighted by Gasteiger charge is 2.35. The molecule has 0 aromatic heterocycles. The summed E-state index contributed by atoms with van der Waals surface area (Å²) < 4.78 is 0. The zero-order valence-electron chi connectivity index (χ0n) is 9.15. The van der Waals surface area contributed by atoms with Crippen LogP contribution in [0.25, 0.3) is 0 Å². The van der Waals surface area contributed by atoms with Crippen LogP contribution in [0, 0.1) is 0 Å². The van der Waals surface area contributed by atoms with Crippen LogP contribution in [0.1, 0.15) is 26.7 Å². The summed E-state index contributed by atoms with van der Waals surface area (Å²) >= 11 is 36.6. The summed E-state index contributed by atoms with van der Waals surface area (Å²) in [7, 11) is 0. The first-order valence-electron chi connectivity index (χ1n) is 5.21. The van der Waals surface area contributed by atoms with Crippen molar-refractivity contribution in [2.45, 2.75) is 59.0 Å². The summed E-state index contributed by atoms with van der Waals surface area (Å²) in [5, 5.41) is -2.27. The fraction of sp³-hybridized carbons (Fsp3) is 1.00. The average molecular weight is 349 g/mol. The van der Waals surface area contributed by atoms with Gasteiger partial charge in [0.05, 0.1) is 32.3 Å². The molecular weight excluding hydrogens is 333 g/mol. The Morgan fingerprint density at radius 3 is 1.00 bits per heavy atom. The third kappa shape index (κ3) is 5.16. The van der Waals surface area contributed by atoms with Gasteiger partial charge in [0, 0.05) is 0 Å². The van der Waals surface area contributed by atoms with E-state index in [2.05, 4.69) is 0 Å². The third-order valence-electron chi connectivity index (χ3n) is 2.38. The maximum absolute atomic E-state index is 6.16. The maximum atomic E-state index is 6.16. The van der Waals surface area contributed by atoms with Crippen LogP contribution in [0.3, 0.4) is 0 Å². The van der Waals surface area contributed by atoms with Crippen LogP contribution in [0.15, 0.2) is 0 Å². The zero-order valence-corrected chi connectivity index (χ0v) is 13.7. The van der Waals surface area contributed by atoms with E-state index in [0.29, 0.717) is 0 Å². The van der Waals surface area contributed by atoms with Crippen molar-refractivity contribution in [3.63, 3.8) is 0 Å². The molecular formula is C10H16Cl6. The van der Waals surface area contributed by atoms with Gasteiger partial charge in [-0.1, -0.05) is 13.8 Å². The van der Waals surface area contributed by atoms with Crippen LogP contribution in [0.5, 0.6) is 0 Å². The van der Waals surface area contributed by atoms with E-state index in [0.717, 1.165) is 12.8 Å². The van der Waals surface area contributed by atoms with Gasteiger partial charge in [0.15, 0.2) is 0 Å². The molecule has 0 radical (unpaired) electrons. The summed E-state index contributed by atoms with van der Waals surface area (Å²) in [4.78, 5) is 0. The predicted molar refractivity (Wildman–Crippen MR) is 78.4 cm³/mol. The molecule has 16 heavy (non-hydrogen) atoms. The van der Waals surface area contributed by atoms with Crippen LogP contribution < -0.4 is 0 Å². The molecule has 0 amide bonds. The molecule has 6 unspecified atom stereocenters. The monoisotopic (exact) mass is 346 g/mol. The topological polar surface area (TPSA) is 0 Å². The molecule has 0 fully saturated rings. The van der Waals surface area contributed by atoms with Gasteiger partial charge < -0.3 is 0 Å². The molecule has 0 aliphatic rings. The number of halogens is 6. The summed E-state index contributed by atoms with van der Waals surface area (Å²) in [6.07, 6.45) is 1.46. The summed E-state index contributed by atoms with van der Waals surface area (Å²) in [5.41, 5.74) is 0. The Balaban J connectivity index is 4.41. The quantitative estimate of drug-likeness (QED) is 0.536. The van der Waals surface area contributed by atoms with Crippen LogP contribution in [-0.2, 0) is 0 Å². The molecule has 0 aliphatic heterocycles. The minimum Gasteiger partial charge on any atom is -0.121 e. The molecule has 0 aliphatic carbocycles. The Morgan fingerprint density at radius 2 is 0.812 bits per heavy atom. The summed E-state index contributed by atoms with van der Waals surface area (Å²) in [5.74, 6) is 0. The highest BCUT2D eigenvalue weighted by molar-refractivity contribution is 6.41. The lowest BCUT2D eigenvalue weighted by atomic mass is 10.1. The molecule has 0 aromatic carbocycles. The Morgan fingerprint density at radius 1 is 0.562 bits per heavy atom. The lowest BCUT2D eigenvalue weighted by molar-refractivity contribution is 0.617. The van der Waals surface area contributed by atoms with Crippen LogP contribution in [0.2, 0.25) is 0 Å². The average Bonchev–Trinajstić information content (AvgIpc) is 2.32. The number of hydrogen-bond acceptors (Lipinski definition) is 0. The van der Waals surface area contributed by atoms with Crippen molar-refractivity contribution in [3.8, 4) is 0 Å². The Hall–Kier alpha value is 1.74. The minimum atomic E-state index is -0.499. The lowest BCUT2D eigenvalue weighted by Gasteiger charge is -2.28. The van der Waals surface area contributed by atoms with E-state index in [-0.39, 0.29) is 10.8 Å². The van der Waals surface area contributed by atoms with Crippen molar-refractivity contribution in [1.82, 2.24) is 0 Å². The molecule has 0 saturated heterocycles. The van der Waals surface area contributed by atoms with E-state index >= 15 is 0 Å². The van der Waals surface area contributed by atoms with Gasteiger partial charge in [0.25, 0.3) is 0 Å². The zero-order chi connectivity index (χ0) is 12.9. The first-order chi connectivity index (χ1) is 7.36. The standard InChI is InChI=1S/C10H16Cl6/c1-3-5(11)7(13)9(15)10(16)8(14)6(12)4-2/h5-10H,3-4H2,1-2H3. The van der Waals surface area contributed by atoms with E-state index in [1.54, 1.807) is 0 Å². The van der Waals surface area contributed by atoms with Crippen molar-refractivity contribution in [2.75, 3.05) is 0 Å². The van der Waals surface area contributed by atoms with Gasteiger partial charge >= 0.3 is 0 Å². The molecule has 0 bridgehead atoms. The molecule has 0 spiro atoms. The van der Waals surface area contributed by atoms with E-state index < -0.39 is 21.5 Å². The van der Waals surface area contributed by atoms with E-state index in [1.165, 1.54) is 0 Å².